The Hall–Kier alpha value is -3.84. The molecule has 5 rings (SSSR count). The van der Waals surface area contributed by atoms with Gasteiger partial charge in [0.15, 0.2) is 20.5 Å². The highest BCUT2D eigenvalue weighted by atomic mass is 28.3. The predicted molar refractivity (Wildman–Crippen MR) is 185 cm³/mol. The Balaban J connectivity index is 1.75. The van der Waals surface area contributed by atoms with Gasteiger partial charge in [-0.3, -0.25) is 0 Å². The summed E-state index contributed by atoms with van der Waals surface area (Å²) in [6.07, 6.45) is 2.11. The summed E-state index contributed by atoms with van der Waals surface area (Å²) in [5, 5.41) is 14.6. The van der Waals surface area contributed by atoms with E-state index >= 15 is 0 Å². The van der Waals surface area contributed by atoms with Crippen molar-refractivity contribution in [1.29, 1.82) is 0 Å². The number of piperidine rings is 1. The van der Waals surface area contributed by atoms with E-state index in [2.05, 4.69) is 43.9 Å². The number of hydrogen-bond donors (Lipinski definition) is 1. The summed E-state index contributed by atoms with van der Waals surface area (Å²) >= 11 is 0. The number of carboxylic acid groups (broad SMARTS) is 1. The van der Waals surface area contributed by atoms with Crippen LogP contribution in [0.1, 0.15) is 66.9 Å². The molecule has 1 aromatic carbocycles. The molecule has 1 fully saturated rings. The molecular formula is C34H50N6O6Si. The second-order valence-electron chi connectivity index (χ2n) is 14.8. The lowest BCUT2D eigenvalue weighted by Crippen LogP contribution is -2.58. The van der Waals surface area contributed by atoms with Gasteiger partial charge in [-0.1, -0.05) is 20.8 Å². The summed E-state index contributed by atoms with van der Waals surface area (Å²) < 4.78 is 20.3. The number of anilines is 3. The van der Waals surface area contributed by atoms with Gasteiger partial charge in [0.25, 0.3) is 0 Å². The van der Waals surface area contributed by atoms with E-state index in [-0.39, 0.29) is 23.6 Å². The van der Waals surface area contributed by atoms with Gasteiger partial charge in [0.1, 0.15) is 17.2 Å². The Morgan fingerprint density at radius 1 is 1.11 bits per heavy atom. The number of aromatic nitrogens is 3. The summed E-state index contributed by atoms with van der Waals surface area (Å²) in [4.78, 5) is 37.0. The van der Waals surface area contributed by atoms with Crippen LogP contribution in [0, 0.1) is 5.41 Å². The van der Waals surface area contributed by atoms with Gasteiger partial charge in [0.05, 0.1) is 30.6 Å². The van der Waals surface area contributed by atoms with Gasteiger partial charge in [0, 0.05) is 37.2 Å². The number of rotatable bonds is 8. The smallest absolute Gasteiger partial charge is 0.420 e. The fraction of sp³-hybridized carbons (Fsp3) is 0.588. The number of carbonyl (C=O) groups is 2. The zero-order valence-electron chi connectivity index (χ0n) is 29.2. The molecule has 12 nitrogen and oxygen atoms in total. The average molecular weight is 667 g/mol. The number of likely N-dealkylation sites (tertiary alicyclic amines) is 1. The van der Waals surface area contributed by atoms with Crippen LogP contribution in [0.15, 0.2) is 36.5 Å². The second-order valence-corrected chi connectivity index (χ2v) is 17.1. The van der Waals surface area contributed by atoms with Crippen LogP contribution in [0.3, 0.4) is 0 Å². The molecule has 1 saturated heterocycles. The van der Waals surface area contributed by atoms with Crippen LogP contribution < -0.4 is 14.5 Å². The van der Waals surface area contributed by atoms with E-state index in [9.17, 15) is 14.7 Å². The highest BCUT2D eigenvalue weighted by molar-refractivity contribution is 6.48. The van der Waals surface area contributed by atoms with Gasteiger partial charge in [-0.25, -0.2) is 19.5 Å². The molecule has 47 heavy (non-hydrogen) atoms. The van der Waals surface area contributed by atoms with E-state index < -0.39 is 26.8 Å². The molecule has 3 aromatic rings. The van der Waals surface area contributed by atoms with Crippen molar-refractivity contribution >= 4 is 44.2 Å². The first-order valence-corrected chi connectivity index (χ1v) is 19.4. The largest absolute Gasteiger partial charge is 0.494 e. The summed E-state index contributed by atoms with van der Waals surface area (Å²) in [6.45, 7) is 19.8. The van der Waals surface area contributed by atoms with Crippen LogP contribution >= 0.6 is 0 Å². The minimum Gasteiger partial charge on any atom is -0.494 e. The zero-order valence-corrected chi connectivity index (χ0v) is 30.3. The van der Waals surface area contributed by atoms with Gasteiger partial charge < -0.3 is 28.8 Å². The maximum Gasteiger partial charge on any atom is 0.420 e. The van der Waals surface area contributed by atoms with Gasteiger partial charge in [-0.05, 0) is 83.3 Å². The third kappa shape index (κ3) is 7.35. The molecule has 2 unspecified atom stereocenters. The fourth-order valence-corrected chi connectivity index (χ4v) is 7.91. The van der Waals surface area contributed by atoms with Crippen molar-refractivity contribution in [2.24, 2.45) is 5.41 Å². The SMILES string of the molecule is CCOc1ccc(N(C(=O)OC(C)(C)C)c2c3c(nc4ccnn24)N([C@H]2CCCN(C(=O)O)C2)C(C(O[SiH](C)C)C(C)(C)C)C3)cc1. The number of ether oxygens (including phenoxy) is 2. The van der Waals surface area contributed by atoms with E-state index in [1.165, 1.54) is 4.90 Å². The molecule has 13 heteroatoms. The molecule has 0 bridgehead atoms. The minimum atomic E-state index is -1.51. The Kier molecular flexibility index (Phi) is 9.79. The lowest BCUT2D eigenvalue weighted by Gasteiger charge is -2.46. The fourth-order valence-electron chi connectivity index (χ4n) is 6.74. The Morgan fingerprint density at radius 3 is 2.40 bits per heavy atom. The van der Waals surface area contributed by atoms with Gasteiger partial charge in [-0.2, -0.15) is 9.61 Å². The van der Waals surface area contributed by atoms with Crippen LogP contribution in [-0.4, -0.2) is 89.3 Å². The standard InChI is InChI=1S/C34H50N6O6Si/c1-10-44-24-15-13-22(14-16-24)39(32(43)45-34(5,6)7)30-25-20-26(28(33(2,3)4)46-47(8)9)38(23-12-11-19-37(21-23)31(41)42)29(25)36-27-17-18-35-40(27)30/h13-18,23,26,28,47H,10-12,19-21H2,1-9H3,(H,41,42)/t23-,26?,28?/m0/s1. The molecule has 3 atom stereocenters. The molecule has 0 spiro atoms. The number of nitrogens with zero attached hydrogens (tertiary/aromatic N) is 6. The second kappa shape index (κ2) is 13.3. The summed E-state index contributed by atoms with van der Waals surface area (Å²) in [5.74, 6) is 1.96. The maximum absolute atomic E-state index is 14.3. The summed E-state index contributed by atoms with van der Waals surface area (Å²) in [6, 6.07) is 8.91. The van der Waals surface area contributed by atoms with Crippen molar-refractivity contribution in [1.82, 2.24) is 19.5 Å². The van der Waals surface area contributed by atoms with Crippen molar-refractivity contribution in [3.05, 3.63) is 42.1 Å². The Morgan fingerprint density at radius 2 is 1.81 bits per heavy atom. The van der Waals surface area contributed by atoms with Crippen molar-refractivity contribution < 1.29 is 28.6 Å². The Bertz CT molecular complexity index is 1580. The normalized spacial score (nSPS) is 19.2. The molecule has 2 aromatic heterocycles. The molecule has 2 amide bonds. The predicted octanol–water partition coefficient (Wildman–Crippen LogP) is 6.49. The number of benzene rings is 1. The Labute approximate surface area is 279 Å². The highest BCUT2D eigenvalue weighted by Crippen LogP contribution is 2.46. The quantitative estimate of drug-likeness (QED) is 0.269. The van der Waals surface area contributed by atoms with E-state index in [0.717, 1.165) is 24.2 Å². The molecule has 1 N–H and O–H groups in total. The maximum atomic E-state index is 14.3. The average Bonchev–Trinajstić information content (AvgIpc) is 3.60. The van der Waals surface area contributed by atoms with Gasteiger partial charge >= 0.3 is 12.2 Å². The first kappa shape index (κ1) is 34.5. The lowest BCUT2D eigenvalue weighted by atomic mass is 9.83. The third-order valence-electron chi connectivity index (χ3n) is 8.47. The summed E-state index contributed by atoms with van der Waals surface area (Å²) in [7, 11) is -1.51. The molecular weight excluding hydrogens is 616 g/mol. The molecule has 256 valence electrons. The number of carbonyl (C=O) groups excluding carboxylic acids is 1. The lowest BCUT2D eigenvalue weighted by molar-refractivity contribution is 0.0560. The van der Waals surface area contributed by atoms with Crippen LogP contribution in [0.4, 0.5) is 26.9 Å². The molecule has 2 aliphatic rings. The van der Waals surface area contributed by atoms with E-state index in [1.54, 1.807) is 15.6 Å². The van der Waals surface area contributed by atoms with Crippen molar-refractivity contribution in [3.8, 4) is 5.75 Å². The van der Waals surface area contributed by atoms with E-state index in [0.29, 0.717) is 49.0 Å². The number of fused-ring (bicyclic) bond motifs is 2. The number of amides is 2. The van der Waals surface area contributed by atoms with Crippen LogP contribution in [0.5, 0.6) is 5.75 Å². The van der Waals surface area contributed by atoms with Gasteiger partial charge in [0.2, 0.25) is 0 Å². The van der Waals surface area contributed by atoms with E-state index in [1.807, 2.05) is 58.0 Å². The molecule has 4 heterocycles. The minimum absolute atomic E-state index is 0.125. The van der Waals surface area contributed by atoms with Crippen LogP contribution in [0.2, 0.25) is 13.1 Å². The number of hydrogen-bond acceptors (Lipinski definition) is 8. The zero-order chi connectivity index (χ0) is 34.3. The first-order valence-electron chi connectivity index (χ1n) is 16.6. The summed E-state index contributed by atoms with van der Waals surface area (Å²) in [5.41, 5.74) is 1.01. The topological polar surface area (TPSA) is 122 Å². The van der Waals surface area contributed by atoms with Crippen LogP contribution in [-0.2, 0) is 15.6 Å². The molecule has 0 radical (unpaired) electrons. The third-order valence-corrected chi connectivity index (χ3v) is 9.31. The van der Waals surface area contributed by atoms with Crippen LogP contribution in [0.25, 0.3) is 5.65 Å². The monoisotopic (exact) mass is 666 g/mol. The van der Waals surface area contributed by atoms with Crippen molar-refractivity contribution in [2.45, 2.75) is 105 Å². The van der Waals surface area contributed by atoms with Crippen molar-refractivity contribution in [3.63, 3.8) is 0 Å². The molecule has 0 aliphatic carbocycles. The highest BCUT2D eigenvalue weighted by Gasteiger charge is 2.48. The van der Waals surface area contributed by atoms with Gasteiger partial charge in [-0.15, -0.1) is 0 Å². The first-order chi connectivity index (χ1) is 22.1. The van der Waals surface area contributed by atoms with E-state index in [4.69, 9.17) is 18.9 Å². The van der Waals surface area contributed by atoms with Crippen molar-refractivity contribution in [2.75, 3.05) is 29.5 Å². The molecule has 0 saturated carbocycles. The molecule has 2 aliphatic heterocycles.